The van der Waals surface area contributed by atoms with Crippen LogP contribution in [-0.2, 0) is 0 Å². The zero-order valence-corrected chi connectivity index (χ0v) is 13.4. The first-order valence-corrected chi connectivity index (χ1v) is 7.79. The summed E-state index contributed by atoms with van der Waals surface area (Å²) in [7, 11) is 0. The van der Waals surface area contributed by atoms with E-state index >= 15 is 0 Å². The molecule has 2 aromatic rings. The summed E-state index contributed by atoms with van der Waals surface area (Å²) in [5, 5.41) is 21.2. The Balaban J connectivity index is 2.26. The fourth-order valence-corrected chi connectivity index (χ4v) is 2.33. The smallest absolute Gasteiger partial charge is 0.198 e. The minimum absolute atomic E-state index is 0.0979. The van der Waals surface area contributed by atoms with Crippen molar-refractivity contribution in [2.24, 2.45) is 0 Å². The number of hydrogen-bond acceptors (Lipinski definition) is 4. The number of para-hydroxylation sites is 1. The monoisotopic (exact) mass is 337 g/mol. The van der Waals surface area contributed by atoms with Crippen molar-refractivity contribution in [1.82, 2.24) is 5.32 Å². The Kier molecular flexibility index (Phi) is 6.66. The van der Waals surface area contributed by atoms with Crippen LogP contribution in [-0.4, -0.2) is 29.5 Å². The molecule has 3 N–H and O–H groups in total. The Morgan fingerprint density at radius 1 is 1.12 bits per heavy atom. The van der Waals surface area contributed by atoms with Gasteiger partial charge >= 0.3 is 0 Å². The highest BCUT2D eigenvalue weighted by Gasteiger charge is 2.21. The molecule has 0 fully saturated rings. The Morgan fingerprint density at radius 2 is 1.83 bits per heavy atom. The molecule has 2 aromatic carbocycles. The van der Waals surface area contributed by atoms with Crippen molar-refractivity contribution in [2.75, 3.05) is 13.2 Å². The van der Waals surface area contributed by atoms with Gasteiger partial charge in [-0.25, -0.2) is 8.78 Å². The SMILES string of the molecule is CCC(NC[C@@H](O)CO)c1ccc(F)c(Oc2ccccc2)c1F. The van der Waals surface area contributed by atoms with E-state index in [0.717, 1.165) is 6.07 Å². The van der Waals surface area contributed by atoms with Crippen LogP contribution in [0.1, 0.15) is 24.9 Å². The Bertz CT molecular complexity index is 652. The molecule has 0 radical (unpaired) electrons. The summed E-state index contributed by atoms with van der Waals surface area (Å²) in [6.45, 7) is 1.54. The maximum atomic E-state index is 14.7. The fraction of sp³-hybridized carbons (Fsp3) is 0.333. The average molecular weight is 337 g/mol. The summed E-state index contributed by atoms with van der Waals surface area (Å²) >= 11 is 0. The first-order valence-electron chi connectivity index (χ1n) is 7.79. The molecule has 0 aliphatic rings. The van der Waals surface area contributed by atoms with E-state index in [0.29, 0.717) is 12.2 Å². The van der Waals surface area contributed by atoms with Gasteiger partial charge in [-0.05, 0) is 24.6 Å². The van der Waals surface area contributed by atoms with Crippen LogP contribution in [0.5, 0.6) is 11.5 Å². The molecule has 0 saturated carbocycles. The average Bonchev–Trinajstić information content (AvgIpc) is 2.61. The van der Waals surface area contributed by atoms with Crippen molar-refractivity contribution in [1.29, 1.82) is 0 Å². The van der Waals surface area contributed by atoms with E-state index in [-0.39, 0.29) is 12.1 Å². The predicted octanol–water partition coefficient (Wildman–Crippen LogP) is 3.15. The van der Waals surface area contributed by atoms with Gasteiger partial charge in [-0.15, -0.1) is 0 Å². The summed E-state index contributed by atoms with van der Waals surface area (Å²) in [5.41, 5.74) is 0.245. The van der Waals surface area contributed by atoms with Crippen LogP contribution in [0.3, 0.4) is 0 Å². The molecule has 130 valence electrons. The van der Waals surface area contributed by atoms with Crippen LogP contribution in [0.2, 0.25) is 0 Å². The Labute approximate surface area is 139 Å². The molecule has 0 heterocycles. The van der Waals surface area contributed by atoms with Gasteiger partial charge in [0.05, 0.1) is 12.7 Å². The molecule has 0 bridgehead atoms. The van der Waals surface area contributed by atoms with E-state index < -0.39 is 36.1 Å². The minimum atomic E-state index is -0.942. The molecule has 0 amide bonds. The standard InChI is InChI=1S/C18H21F2NO3/c1-2-16(21-10-12(23)11-22)14-8-9-15(19)18(17(14)20)24-13-6-4-3-5-7-13/h3-9,12,16,21-23H,2,10-11H2,1H3/t12-,16?/m1/s1. The number of ether oxygens (including phenoxy) is 1. The summed E-state index contributed by atoms with van der Waals surface area (Å²) in [4.78, 5) is 0. The van der Waals surface area contributed by atoms with Crippen molar-refractivity contribution in [3.8, 4) is 11.5 Å². The summed E-state index contributed by atoms with van der Waals surface area (Å²) < 4.78 is 34.1. The minimum Gasteiger partial charge on any atom is -0.451 e. The quantitative estimate of drug-likeness (QED) is 0.692. The predicted molar refractivity (Wildman–Crippen MR) is 87.0 cm³/mol. The van der Waals surface area contributed by atoms with Gasteiger partial charge in [0.15, 0.2) is 17.4 Å². The summed E-state index contributed by atoms with van der Waals surface area (Å²) in [6.07, 6.45) is -0.423. The van der Waals surface area contributed by atoms with Crippen LogP contribution in [0, 0.1) is 11.6 Å². The second kappa shape index (κ2) is 8.73. The maximum absolute atomic E-state index is 14.7. The highest BCUT2D eigenvalue weighted by molar-refractivity contribution is 5.38. The van der Waals surface area contributed by atoms with Crippen molar-refractivity contribution in [2.45, 2.75) is 25.5 Å². The van der Waals surface area contributed by atoms with Crippen LogP contribution in [0.4, 0.5) is 8.78 Å². The molecule has 24 heavy (non-hydrogen) atoms. The fourth-order valence-electron chi connectivity index (χ4n) is 2.33. The number of aliphatic hydroxyl groups excluding tert-OH is 2. The highest BCUT2D eigenvalue weighted by Crippen LogP contribution is 2.32. The molecule has 0 aliphatic carbocycles. The third-order valence-electron chi connectivity index (χ3n) is 3.64. The lowest BCUT2D eigenvalue weighted by Crippen LogP contribution is -2.32. The maximum Gasteiger partial charge on any atom is 0.198 e. The molecule has 0 aromatic heterocycles. The number of halogens is 2. The molecule has 0 spiro atoms. The number of rotatable bonds is 8. The zero-order valence-electron chi connectivity index (χ0n) is 13.4. The molecule has 1 unspecified atom stereocenters. The molecule has 0 saturated heterocycles. The van der Waals surface area contributed by atoms with Gasteiger partial charge in [0.25, 0.3) is 0 Å². The largest absolute Gasteiger partial charge is 0.451 e. The van der Waals surface area contributed by atoms with E-state index in [1.54, 1.807) is 30.3 Å². The number of nitrogens with one attached hydrogen (secondary N) is 1. The van der Waals surface area contributed by atoms with Crippen LogP contribution >= 0.6 is 0 Å². The van der Waals surface area contributed by atoms with Gasteiger partial charge in [-0.2, -0.15) is 0 Å². The number of hydrogen-bond donors (Lipinski definition) is 3. The van der Waals surface area contributed by atoms with E-state index in [1.165, 1.54) is 6.07 Å². The van der Waals surface area contributed by atoms with Crippen LogP contribution in [0.25, 0.3) is 0 Å². The van der Waals surface area contributed by atoms with Gasteiger partial charge in [0.2, 0.25) is 0 Å². The second-order valence-corrected chi connectivity index (χ2v) is 5.40. The lowest BCUT2D eigenvalue weighted by atomic mass is 10.0. The van der Waals surface area contributed by atoms with Gasteiger partial charge in [-0.3, -0.25) is 0 Å². The lowest BCUT2D eigenvalue weighted by Gasteiger charge is -2.21. The number of aliphatic hydroxyl groups is 2. The Hall–Kier alpha value is -2.02. The third-order valence-corrected chi connectivity index (χ3v) is 3.64. The van der Waals surface area contributed by atoms with Crippen molar-refractivity contribution in [3.63, 3.8) is 0 Å². The van der Waals surface area contributed by atoms with Gasteiger partial charge in [0, 0.05) is 18.2 Å². The van der Waals surface area contributed by atoms with Gasteiger partial charge < -0.3 is 20.3 Å². The van der Waals surface area contributed by atoms with Crippen LogP contribution in [0.15, 0.2) is 42.5 Å². The second-order valence-electron chi connectivity index (χ2n) is 5.40. The molecule has 2 atom stereocenters. The van der Waals surface area contributed by atoms with Gasteiger partial charge in [-0.1, -0.05) is 31.2 Å². The van der Waals surface area contributed by atoms with E-state index in [2.05, 4.69) is 5.32 Å². The molecule has 0 aliphatic heterocycles. The van der Waals surface area contributed by atoms with Crippen molar-refractivity contribution < 1.29 is 23.7 Å². The molecular weight excluding hydrogens is 316 g/mol. The molecule has 2 rings (SSSR count). The lowest BCUT2D eigenvalue weighted by molar-refractivity contribution is 0.0915. The van der Waals surface area contributed by atoms with Gasteiger partial charge in [0.1, 0.15) is 5.75 Å². The first-order chi connectivity index (χ1) is 11.6. The zero-order chi connectivity index (χ0) is 17.5. The highest BCUT2D eigenvalue weighted by atomic mass is 19.1. The third kappa shape index (κ3) is 4.50. The van der Waals surface area contributed by atoms with Crippen LogP contribution < -0.4 is 10.1 Å². The van der Waals surface area contributed by atoms with Crippen molar-refractivity contribution >= 4 is 0 Å². The topological polar surface area (TPSA) is 61.7 Å². The summed E-state index contributed by atoms with van der Waals surface area (Å²) in [5.74, 6) is -1.69. The normalized spacial score (nSPS) is 13.5. The summed E-state index contributed by atoms with van der Waals surface area (Å²) in [6, 6.07) is 10.5. The molecular formula is C18H21F2NO3. The Morgan fingerprint density at radius 3 is 2.46 bits per heavy atom. The number of benzene rings is 2. The first kappa shape index (κ1) is 18.3. The van der Waals surface area contributed by atoms with E-state index in [4.69, 9.17) is 9.84 Å². The van der Waals surface area contributed by atoms with E-state index in [9.17, 15) is 13.9 Å². The van der Waals surface area contributed by atoms with E-state index in [1.807, 2.05) is 6.92 Å². The molecule has 6 heteroatoms. The molecule has 4 nitrogen and oxygen atoms in total. The van der Waals surface area contributed by atoms with Crippen molar-refractivity contribution in [3.05, 3.63) is 59.7 Å².